The summed E-state index contributed by atoms with van der Waals surface area (Å²) in [5, 5.41) is 0. The molecule has 0 aliphatic rings. The molecule has 1 aromatic carbocycles. The first-order valence-electron chi connectivity index (χ1n) is 5.67. The lowest BCUT2D eigenvalue weighted by Gasteiger charge is -2.19. The van der Waals surface area contributed by atoms with E-state index in [4.69, 9.17) is 0 Å². The molecule has 0 bridgehead atoms. The second-order valence-corrected chi connectivity index (χ2v) is 7.85. The third-order valence-electron chi connectivity index (χ3n) is 2.67. The van der Waals surface area contributed by atoms with Crippen molar-refractivity contribution in [2.24, 2.45) is 0 Å². The van der Waals surface area contributed by atoms with E-state index in [1.807, 2.05) is 0 Å². The lowest BCUT2D eigenvalue weighted by Crippen LogP contribution is -2.37. The minimum atomic E-state index is -4.88. The number of nitrogens with zero attached hydrogens (tertiary/aromatic N) is 2. The van der Waals surface area contributed by atoms with Crippen LogP contribution in [0.3, 0.4) is 0 Å². The van der Waals surface area contributed by atoms with Crippen molar-refractivity contribution >= 4 is 26.2 Å². The van der Waals surface area contributed by atoms with E-state index < -0.39 is 31.0 Å². The smallest absolute Gasteiger partial charge is 0.332 e. The molecule has 1 amide bonds. The number of amides is 1. The number of halogens is 1. The topological polar surface area (TPSA) is 91.8 Å². The Morgan fingerprint density at radius 1 is 1.00 bits per heavy atom. The maximum atomic E-state index is 12.7. The van der Waals surface area contributed by atoms with E-state index in [-0.39, 0.29) is 11.4 Å². The van der Waals surface area contributed by atoms with Crippen LogP contribution in [0.1, 0.15) is 0 Å². The zero-order chi connectivity index (χ0) is 16.4. The molecule has 10 heteroatoms. The molecule has 0 saturated carbocycles. The highest BCUT2D eigenvalue weighted by atomic mass is 32.3. The van der Waals surface area contributed by atoms with Gasteiger partial charge in [0.1, 0.15) is 0 Å². The number of likely N-dealkylation sites (N-methyl/N-ethyl adjacent to an activating group) is 2. The van der Waals surface area contributed by atoms with E-state index in [1.165, 1.54) is 26.0 Å². The summed E-state index contributed by atoms with van der Waals surface area (Å²) in [6.45, 7) is -0.363. The molecule has 1 aromatic rings. The van der Waals surface area contributed by atoms with Crippen LogP contribution in [0.15, 0.2) is 34.1 Å². The molecule has 0 spiro atoms. The molecule has 0 N–H and O–H groups in total. The number of carbonyl (C=O) groups is 1. The summed E-state index contributed by atoms with van der Waals surface area (Å²) >= 11 is 0. The van der Waals surface area contributed by atoms with Crippen molar-refractivity contribution in [1.29, 1.82) is 0 Å². The van der Waals surface area contributed by atoms with Gasteiger partial charge in [-0.1, -0.05) is 0 Å². The van der Waals surface area contributed by atoms with Crippen molar-refractivity contribution in [3.8, 4) is 0 Å². The molecular formula is C11H15FN2O5S2. The summed E-state index contributed by atoms with van der Waals surface area (Å²) in [6, 6.07) is 3.64. The number of benzene rings is 1. The van der Waals surface area contributed by atoms with E-state index in [2.05, 4.69) is 0 Å². The highest BCUT2D eigenvalue weighted by Crippen LogP contribution is 2.18. The van der Waals surface area contributed by atoms with Crippen molar-refractivity contribution in [3.05, 3.63) is 24.3 Å². The quantitative estimate of drug-likeness (QED) is 0.708. The monoisotopic (exact) mass is 338 g/mol. The molecule has 0 aromatic heterocycles. The predicted octanol–water partition coefficient (Wildman–Crippen LogP) is 0.0535. The van der Waals surface area contributed by atoms with Crippen LogP contribution in [0.5, 0.6) is 0 Å². The zero-order valence-electron chi connectivity index (χ0n) is 11.6. The van der Waals surface area contributed by atoms with E-state index in [0.29, 0.717) is 0 Å². The Labute approximate surface area is 123 Å². The fraction of sp³-hybridized carbons (Fsp3) is 0.364. The van der Waals surface area contributed by atoms with Crippen molar-refractivity contribution in [2.75, 3.05) is 27.7 Å². The van der Waals surface area contributed by atoms with Crippen molar-refractivity contribution in [2.45, 2.75) is 9.79 Å². The van der Waals surface area contributed by atoms with Crippen LogP contribution in [0.4, 0.5) is 3.89 Å². The SMILES string of the molecule is CN(C)C(=O)CN(C)S(=O)(=O)c1ccc(S(=O)(=O)F)cc1. The fourth-order valence-electron chi connectivity index (χ4n) is 1.37. The average molecular weight is 338 g/mol. The molecule has 0 unspecified atom stereocenters. The highest BCUT2D eigenvalue weighted by Gasteiger charge is 2.24. The van der Waals surface area contributed by atoms with Gasteiger partial charge in [0.2, 0.25) is 15.9 Å². The van der Waals surface area contributed by atoms with Gasteiger partial charge in [-0.25, -0.2) is 8.42 Å². The fourth-order valence-corrected chi connectivity index (χ4v) is 2.95. The standard InChI is InChI=1S/C11H15FN2O5S2/c1-13(2)11(15)8-14(3)21(18,19)10-6-4-9(5-7-10)20(12,16)17/h4-7H,8H2,1-3H3. The number of carbonyl (C=O) groups excluding carboxylic acids is 1. The first kappa shape index (κ1) is 17.5. The Balaban J connectivity index is 3.06. The first-order chi connectivity index (χ1) is 9.46. The first-order valence-corrected chi connectivity index (χ1v) is 8.50. The van der Waals surface area contributed by atoms with Crippen molar-refractivity contribution in [1.82, 2.24) is 9.21 Å². The number of rotatable bonds is 5. The predicted molar refractivity (Wildman–Crippen MR) is 73.2 cm³/mol. The van der Waals surface area contributed by atoms with Gasteiger partial charge in [-0.2, -0.15) is 12.7 Å². The van der Waals surface area contributed by atoms with Crippen molar-refractivity contribution in [3.63, 3.8) is 0 Å². The van der Waals surface area contributed by atoms with Crippen LogP contribution < -0.4 is 0 Å². The maximum Gasteiger partial charge on any atom is 0.332 e. The van der Waals surface area contributed by atoms with Gasteiger partial charge in [-0.3, -0.25) is 4.79 Å². The Kier molecular flexibility index (Phi) is 5.07. The lowest BCUT2D eigenvalue weighted by molar-refractivity contribution is -0.128. The van der Waals surface area contributed by atoms with Crippen LogP contribution in [0.25, 0.3) is 0 Å². The Morgan fingerprint density at radius 3 is 1.81 bits per heavy atom. The van der Waals surface area contributed by atoms with Gasteiger partial charge in [-0.05, 0) is 24.3 Å². The average Bonchev–Trinajstić information content (AvgIpc) is 2.37. The molecule has 21 heavy (non-hydrogen) atoms. The van der Waals surface area contributed by atoms with Crippen LogP contribution in [-0.2, 0) is 25.0 Å². The van der Waals surface area contributed by atoms with Crippen molar-refractivity contribution < 1.29 is 25.5 Å². The summed E-state index contributed by atoms with van der Waals surface area (Å²) in [5.41, 5.74) is 0. The summed E-state index contributed by atoms with van der Waals surface area (Å²) in [7, 11) is -4.65. The second kappa shape index (κ2) is 6.08. The molecule has 0 radical (unpaired) electrons. The molecule has 0 atom stereocenters. The lowest BCUT2D eigenvalue weighted by atomic mass is 10.4. The van der Waals surface area contributed by atoms with Gasteiger partial charge >= 0.3 is 10.2 Å². The van der Waals surface area contributed by atoms with E-state index >= 15 is 0 Å². The van der Waals surface area contributed by atoms with Crippen LogP contribution in [0, 0.1) is 0 Å². The van der Waals surface area contributed by atoms with Gasteiger partial charge in [-0.15, -0.1) is 3.89 Å². The largest absolute Gasteiger partial charge is 0.348 e. The van der Waals surface area contributed by atoms with Gasteiger partial charge in [0.15, 0.2) is 0 Å². The second-order valence-electron chi connectivity index (χ2n) is 4.46. The minimum absolute atomic E-state index is 0.232. The highest BCUT2D eigenvalue weighted by molar-refractivity contribution is 7.89. The maximum absolute atomic E-state index is 12.7. The van der Waals surface area contributed by atoms with E-state index in [9.17, 15) is 25.5 Å². The summed E-state index contributed by atoms with van der Waals surface area (Å²) in [5.74, 6) is -0.413. The Hall–Kier alpha value is -1.52. The number of sulfonamides is 1. The molecule has 1 rings (SSSR count). The van der Waals surface area contributed by atoms with Gasteiger partial charge in [0.05, 0.1) is 16.3 Å². The third kappa shape index (κ3) is 4.22. The third-order valence-corrected chi connectivity index (χ3v) is 5.32. The zero-order valence-corrected chi connectivity index (χ0v) is 13.3. The van der Waals surface area contributed by atoms with Crippen LogP contribution in [-0.4, -0.2) is 59.6 Å². The van der Waals surface area contributed by atoms with Gasteiger partial charge in [0, 0.05) is 21.1 Å². The molecule has 0 heterocycles. The number of hydrogen-bond donors (Lipinski definition) is 0. The van der Waals surface area contributed by atoms with Gasteiger partial charge < -0.3 is 4.90 Å². The minimum Gasteiger partial charge on any atom is -0.348 e. The Bertz CT molecular complexity index is 726. The molecule has 0 aliphatic heterocycles. The van der Waals surface area contributed by atoms with Crippen LogP contribution >= 0.6 is 0 Å². The molecule has 0 aliphatic carbocycles. The molecule has 0 fully saturated rings. The van der Waals surface area contributed by atoms with E-state index in [0.717, 1.165) is 28.6 Å². The van der Waals surface area contributed by atoms with Gasteiger partial charge in [0.25, 0.3) is 0 Å². The normalized spacial score (nSPS) is 12.4. The summed E-state index contributed by atoms with van der Waals surface area (Å²) in [4.78, 5) is 11.9. The van der Waals surface area contributed by atoms with Crippen LogP contribution in [0.2, 0.25) is 0 Å². The summed E-state index contributed by atoms with van der Waals surface area (Å²) in [6.07, 6.45) is 0. The molecule has 7 nitrogen and oxygen atoms in total. The molecule has 118 valence electrons. The Morgan fingerprint density at radius 2 is 1.43 bits per heavy atom. The van der Waals surface area contributed by atoms with E-state index in [1.54, 1.807) is 0 Å². The molecular weight excluding hydrogens is 323 g/mol. The molecule has 0 saturated heterocycles. The number of hydrogen-bond acceptors (Lipinski definition) is 5. The summed E-state index contributed by atoms with van der Waals surface area (Å²) < 4.78 is 59.2.